The van der Waals surface area contributed by atoms with E-state index in [1.807, 2.05) is 12.1 Å². The summed E-state index contributed by atoms with van der Waals surface area (Å²) in [6, 6.07) is 24.2. The van der Waals surface area contributed by atoms with Gasteiger partial charge < -0.3 is 10.4 Å². The molecule has 35 heavy (non-hydrogen) atoms. The highest BCUT2D eigenvalue weighted by molar-refractivity contribution is 6.30. The van der Waals surface area contributed by atoms with E-state index in [2.05, 4.69) is 38.2 Å². The number of carbonyl (C=O) groups excluding carboxylic acids is 1. The van der Waals surface area contributed by atoms with E-state index in [0.29, 0.717) is 33.3 Å². The predicted octanol–water partition coefficient (Wildman–Crippen LogP) is 7.00. The molecule has 0 heterocycles. The summed E-state index contributed by atoms with van der Waals surface area (Å²) in [6.45, 7) is 6.46. The van der Waals surface area contributed by atoms with E-state index in [4.69, 9.17) is 11.6 Å². The van der Waals surface area contributed by atoms with Crippen molar-refractivity contribution in [1.82, 2.24) is 5.32 Å². The molecule has 4 rings (SSSR count). The number of benzene rings is 4. The Morgan fingerprint density at radius 1 is 0.943 bits per heavy atom. The second-order valence-corrected chi connectivity index (χ2v) is 10.3. The minimum absolute atomic E-state index is 0.0239. The molecule has 0 aliphatic heterocycles. The molecule has 0 aliphatic rings. The van der Waals surface area contributed by atoms with Crippen LogP contribution in [0.4, 0.5) is 4.39 Å². The molecule has 0 bridgehead atoms. The number of amides is 1. The van der Waals surface area contributed by atoms with Crippen molar-refractivity contribution in [3.8, 4) is 0 Å². The molecule has 2 atom stereocenters. The van der Waals surface area contributed by atoms with Crippen LogP contribution in [0.5, 0.6) is 0 Å². The van der Waals surface area contributed by atoms with Crippen molar-refractivity contribution < 1.29 is 14.3 Å². The van der Waals surface area contributed by atoms with Crippen molar-refractivity contribution in [2.45, 2.75) is 44.8 Å². The Labute approximate surface area is 210 Å². The maximum Gasteiger partial charge on any atom is 0.252 e. The minimum atomic E-state index is -0.994. The Morgan fingerprint density at radius 2 is 1.63 bits per heavy atom. The maximum atomic E-state index is 14.3. The van der Waals surface area contributed by atoms with Gasteiger partial charge in [-0.3, -0.25) is 4.79 Å². The van der Waals surface area contributed by atoms with Crippen LogP contribution in [0.15, 0.2) is 84.9 Å². The fourth-order valence-electron chi connectivity index (χ4n) is 4.27. The van der Waals surface area contributed by atoms with Crippen LogP contribution in [0.1, 0.15) is 53.9 Å². The summed E-state index contributed by atoms with van der Waals surface area (Å²) in [5.41, 5.74) is 3.17. The van der Waals surface area contributed by atoms with Gasteiger partial charge in [-0.1, -0.05) is 93.0 Å². The number of nitrogens with one attached hydrogen (secondary N) is 1. The summed E-state index contributed by atoms with van der Waals surface area (Å²) in [5.74, 6) is -0.759. The van der Waals surface area contributed by atoms with E-state index in [9.17, 15) is 14.3 Å². The van der Waals surface area contributed by atoms with Gasteiger partial charge in [0, 0.05) is 16.0 Å². The summed E-state index contributed by atoms with van der Waals surface area (Å²) in [5, 5.41) is 15.7. The average Bonchev–Trinajstić information content (AvgIpc) is 2.83. The van der Waals surface area contributed by atoms with Gasteiger partial charge in [0.15, 0.2) is 0 Å². The average molecular weight is 490 g/mol. The summed E-state index contributed by atoms with van der Waals surface area (Å²) >= 11 is 6.16. The summed E-state index contributed by atoms with van der Waals surface area (Å²) in [7, 11) is 0. The molecule has 0 saturated carbocycles. The first-order valence-electron chi connectivity index (χ1n) is 11.6. The number of aliphatic hydroxyl groups is 1. The van der Waals surface area contributed by atoms with Crippen LogP contribution in [0.2, 0.25) is 5.02 Å². The quantitative estimate of drug-likeness (QED) is 0.306. The molecule has 1 amide bonds. The molecule has 0 fully saturated rings. The van der Waals surface area contributed by atoms with Crippen molar-refractivity contribution in [2.75, 3.05) is 0 Å². The Hall–Kier alpha value is -3.21. The number of fused-ring (bicyclic) bond motifs is 1. The summed E-state index contributed by atoms with van der Waals surface area (Å²) in [4.78, 5) is 13.4. The lowest BCUT2D eigenvalue weighted by molar-refractivity contribution is 0.0834. The molecule has 0 spiro atoms. The molecule has 5 heteroatoms. The van der Waals surface area contributed by atoms with Crippen molar-refractivity contribution in [3.05, 3.63) is 118 Å². The number of aliphatic hydroxyl groups excluding tert-OH is 1. The van der Waals surface area contributed by atoms with Crippen LogP contribution in [0, 0.1) is 5.82 Å². The number of carbonyl (C=O) groups is 1. The normalized spacial score (nSPS) is 13.4. The molecule has 0 radical (unpaired) electrons. The van der Waals surface area contributed by atoms with Gasteiger partial charge in [-0.2, -0.15) is 0 Å². The van der Waals surface area contributed by atoms with Gasteiger partial charge in [-0.15, -0.1) is 0 Å². The Bertz CT molecular complexity index is 1340. The highest BCUT2D eigenvalue weighted by Crippen LogP contribution is 2.27. The van der Waals surface area contributed by atoms with Crippen LogP contribution >= 0.6 is 11.6 Å². The third-order valence-corrected chi connectivity index (χ3v) is 6.51. The Balaban J connectivity index is 1.66. The molecule has 4 aromatic rings. The smallest absolute Gasteiger partial charge is 0.252 e. The van der Waals surface area contributed by atoms with Gasteiger partial charge in [-0.05, 0) is 58.2 Å². The fourth-order valence-corrected chi connectivity index (χ4v) is 4.46. The maximum absolute atomic E-state index is 14.3. The van der Waals surface area contributed by atoms with Crippen LogP contribution in [-0.4, -0.2) is 17.1 Å². The zero-order valence-corrected chi connectivity index (χ0v) is 20.8. The third-order valence-electron chi connectivity index (χ3n) is 6.28. The van der Waals surface area contributed by atoms with Crippen molar-refractivity contribution in [1.29, 1.82) is 0 Å². The molecule has 2 N–H and O–H groups in total. The SMILES string of the molecule is CC(C)(C)c1ccc(CC(NC(=O)c2ccc(F)c3ccccc23)C(O)c2cccc(Cl)c2)cc1. The van der Waals surface area contributed by atoms with E-state index < -0.39 is 12.1 Å². The molecular weight excluding hydrogens is 461 g/mol. The molecule has 180 valence electrons. The van der Waals surface area contributed by atoms with Gasteiger partial charge in [-0.25, -0.2) is 4.39 Å². The van der Waals surface area contributed by atoms with E-state index in [1.54, 1.807) is 48.5 Å². The van der Waals surface area contributed by atoms with E-state index in [1.165, 1.54) is 17.7 Å². The van der Waals surface area contributed by atoms with Gasteiger partial charge >= 0.3 is 0 Å². The van der Waals surface area contributed by atoms with Gasteiger partial charge in [0.2, 0.25) is 0 Å². The molecule has 2 unspecified atom stereocenters. The standard InChI is InChI=1S/C30H29ClFNO2/c1-30(2,3)21-13-11-19(12-14-21)17-27(28(34)20-7-6-8-22(31)18-20)33-29(35)25-15-16-26(32)24-10-5-4-9-23(24)25/h4-16,18,27-28,34H,17H2,1-3H3,(H,33,35). The molecule has 0 aliphatic carbocycles. The first-order chi connectivity index (χ1) is 16.6. The number of rotatable bonds is 6. The highest BCUT2D eigenvalue weighted by atomic mass is 35.5. The molecule has 0 saturated heterocycles. The van der Waals surface area contributed by atoms with E-state index in [0.717, 1.165) is 5.56 Å². The van der Waals surface area contributed by atoms with E-state index in [-0.39, 0.29) is 17.1 Å². The van der Waals surface area contributed by atoms with Crippen LogP contribution in [0.25, 0.3) is 10.8 Å². The van der Waals surface area contributed by atoms with Gasteiger partial charge in [0.05, 0.1) is 12.1 Å². The largest absolute Gasteiger partial charge is 0.386 e. The topological polar surface area (TPSA) is 49.3 Å². The molecule has 3 nitrogen and oxygen atoms in total. The lowest BCUT2D eigenvalue weighted by Crippen LogP contribution is -2.41. The monoisotopic (exact) mass is 489 g/mol. The first kappa shape index (κ1) is 24.9. The van der Waals surface area contributed by atoms with Gasteiger partial charge in [0.25, 0.3) is 5.91 Å². The molecule has 4 aromatic carbocycles. The lowest BCUT2D eigenvalue weighted by Gasteiger charge is -2.26. The van der Waals surface area contributed by atoms with Crippen molar-refractivity contribution in [3.63, 3.8) is 0 Å². The third kappa shape index (κ3) is 5.72. The zero-order chi connectivity index (χ0) is 25.2. The van der Waals surface area contributed by atoms with Crippen LogP contribution < -0.4 is 5.32 Å². The predicted molar refractivity (Wildman–Crippen MR) is 140 cm³/mol. The minimum Gasteiger partial charge on any atom is -0.386 e. The molecule has 0 aromatic heterocycles. The second kappa shape index (κ2) is 10.2. The summed E-state index contributed by atoms with van der Waals surface area (Å²) in [6.07, 6.45) is -0.588. The van der Waals surface area contributed by atoms with Crippen molar-refractivity contribution >= 4 is 28.3 Å². The first-order valence-corrected chi connectivity index (χ1v) is 12.0. The lowest BCUT2D eigenvalue weighted by atomic mass is 9.86. The van der Waals surface area contributed by atoms with Crippen LogP contribution in [0.3, 0.4) is 0 Å². The van der Waals surface area contributed by atoms with Gasteiger partial charge in [0.1, 0.15) is 5.82 Å². The number of hydrogen-bond acceptors (Lipinski definition) is 2. The fraction of sp³-hybridized carbons (Fsp3) is 0.233. The molecular formula is C30H29ClFNO2. The van der Waals surface area contributed by atoms with Crippen LogP contribution in [-0.2, 0) is 11.8 Å². The Morgan fingerprint density at radius 3 is 2.29 bits per heavy atom. The number of halogens is 2. The van der Waals surface area contributed by atoms with Crippen molar-refractivity contribution in [2.24, 2.45) is 0 Å². The summed E-state index contributed by atoms with van der Waals surface area (Å²) < 4.78 is 14.3. The highest BCUT2D eigenvalue weighted by Gasteiger charge is 2.25. The second-order valence-electron chi connectivity index (χ2n) is 9.87. The zero-order valence-electron chi connectivity index (χ0n) is 20.1. The number of hydrogen-bond donors (Lipinski definition) is 2. The Kier molecular flexibility index (Phi) is 7.25. The van der Waals surface area contributed by atoms with E-state index >= 15 is 0 Å².